The summed E-state index contributed by atoms with van der Waals surface area (Å²) < 4.78 is 29.4. The van der Waals surface area contributed by atoms with Gasteiger partial charge < -0.3 is 4.74 Å². The third-order valence-corrected chi connectivity index (χ3v) is 5.10. The van der Waals surface area contributed by atoms with E-state index in [0.717, 1.165) is 28.0 Å². The highest BCUT2D eigenvalue weighted by Crippen LogP contribution is 2.36. The first-order chi connectivity index (χ1) is 11.9. The third kappa shape index (κ3) is 3.43. The fourth-order valence-corrected chi connectivity index (χ4v) is 3.65. The lowest BCUT2D eigenvalue weighted by Crippen LogP contribution is -2.13. The Bertz CT molecular complexity index is 1030. The van der Waals surface area contributed by atoms with Crippen molar-refractivity contribution >= 4 is 10.0 Å². The standard InChI is InChI=1S/C20H19NO3S/c1-14-11-12-15(13-19(14)24-2)16-7-3-4-8-17(16)18-9-5-6-10-20(18)25(21,22)23/h3-13H,1-2H3,(H2,21,22,23). The molecular weight excluding hydrogens is 334 g/mol. The molecule has 4 nitrogen and oxygen atoms in total. The minimum Gasteiger partial charge on any atom is -0.496 e. The average molecular weight is 353 g/mol. The molecule has 2 N–H and O–H groups in total. The van der Waals surface area contributed by atoms with E-state index < -0.39 is 10.0 Å². The predicted octanol–water partition coefficient (Wildman–Crippen LogP) is 3.99. The summed E-state index contributed by atoms with van der Waals surface area (Å²) in [6, 6.07) is 20.3. The van der Waals surface area contributed by atoms with Crippen LogP contribution in [0.1, 0.15) is 5.56 Å². The number of aryl methyl sites for hydroxylation is 1. The number of primary sulfonamides is 1. The summed E-state index contributed by atoms with van der Waals surface area (Å²) in [5, 5.41) is 5.40. The highest BCUT2D eigenvalue weighted by Gasteiger charge is 2.17. The molecule has 3 aromatic rings. The van der Waals surface area contributed by atoms with Gasteiger partial charge in [-0.1, -0.05) is 54.6 Å². The Morgan fingerprint density at radius 2 is 1.44 bits per heavy atom. The summed E-state index contributed by atoms with van der Waals surface area (Å²) in [7, 11) is -2.19. The van der Waals surface area contributed by atoms with Crippen LogP contribution in [0.4, 0.5) is 0 Å². The van der Waals surface area contributed by atoms with Crippen molar-refractivity contribution < 1.29 is 13.2 Å². The van der Waals surface area contributed by atoms with E-state index in [-0.39, 0.29) is 4.90 Å². The first-order valence-electron chi connectivity index (χ1n) is 7.78. The van der Waals surface area contributed by atoms with Gasteiger partial charge in [-0.3, -0.25) is 0 Å². The molecule has 0 bridgehead atoms. The molecule has 0 aliphatic carbocycles. The maximum Gasteiger partial charge on any atom is 0.238 e. The molecule has 0 aliphatic rings. The molecule has 0 radical (unpaired) electrons. The zero-order valence-electron chi connectivity index (χ0n) is 14.1. The minimum atomic E-state index is -3.82. The van der Waals surface area contributed by atoms with Crippen LogP contribution >= 0.6 is 0 Å². The lowest BCUT2D eigenvalue weighted by atomic mass is 9.94. The molecule has 0 saturated carbocycles. The van der Waals surface area contributed by atoms with Crippen molar-refractivity contribution in [1.29, 1.82) is 0 Å². The van der Waals surface area contributed by atoms with Crippen molar-refractivity contribution in [2.75, 3.05) is 7.11 Å². The summed E-state index contributed by atoms with van der Waals surface area (Å²) in [4.78, 5) is 0.113. The molecule has 0 saturated heterocycles. The topological polar surface area (TPSA) is 69.4 Å². The molecule has 3 aromatic carbocycles. The van der Waals surface area contributed by atoms with E-state index in [2.05, 4.69) is 0 Å². The number of rotatable bonds is 4. The Balaban J connectivity index is 2.26. The molecule has 5 heteroatoms. The normalized spacial score (nSPS) is 11.3. The van der Waals surface area contributed by atoms with Gasteiger partial charge in [0.2, 0.25) is 10.0 Å². The molecule has 0 spiro atoms. The van der Waals surface area contributed by atoms with Gasteiger partial charge in [0.15, 0.2) is 0 Å². The van der Waals surface area contributed by atoms with E-state index in [1.165, 1.54) is 6.07 Å². The highest BCUT2D eigenvalue weighted by atomic mass is 32.2. The second-order valence-electron chi connectivity index (χ2n) is 5.77. The van der Waals surface area contributed by atoms with E-state index >= 15 is 0 Å². The molecule has 0 amide bonds. The van der Waals surface area contributed by atoms with E-state index in [9.17, 15) is 8.42 Å². The zero-order chi connectivity index (χ0) is 18.0. The Morgan fingerprint density at radius 3 is 2.08 bits per heavy atom. The molecule has 0 atom stereocenters. The van der Waals surface area contributed by atoms with Crippen LogP contribution in [0, 0.1) is 6.92 Å². The number of hydrogen-bond donors (Lipinski definition) is 1. The number of benzene rings is 3. The Morgan fingerprint density at radius 1 is 0.840 bits per heavy atom. The molecule has 0 heterocycles. The van der Waals surface area contributed by atoms with Crippen LogP contribution in [-0.2, 0) is 10.0 Å². The molecular formula is C20H19NO3S. The van der Waals surface area contributed by atoms with E-state index in [4.69, 9.17) is 9.88 Å². The number of ether oxygens (including phenoxy) is 1. The molecule has 128 valence electrons. The van der Waals surface area contributed by atoms with Gasteiger partial charge in [-0.15, -0.1) is 0 Å². The summed E-state index contributed by atoms with van der Waals surface area (Å²) in [6.07, 6.45) is 0. The summed E-state index contributed by atoms with van der Waals surface area (Å²) in [5.74, 6) is 0.784. The van der Waals surface area contributed by atoms with Gasteiger partial charge >= 0.3 is 0 Å². The molecule has 3 rings (SSSR count). The van der Waals surface area contributed by atoms with E-state index in [1.54, 1.807) is 25.3 Å². The Hall–Kier alpha value is -2.63. The molecule has 0 fully saturated rings. The van der Waals surface area contributed by atoms with Crippen LogP contribution in [0.2, 0.25) is 0 Å². The van der Waals surface area contributed by atoms with Crippen molar-refractivity contribution in [3.05, 3.63) is 72.3 Å². The number of methoxy groups -OCH3 is 1. The maximum atomic E-state index is 12.0. The van der Waals surface area contributed by atoms with Crippen molar-refractivity contribution in [2.45, 2.75) is 11.8 Å². The van der Waals surface area contributed by atoms with Gasteiger partial charge in [0, 0.05) is 5.56 Å². The largest absolute Gasteiger partial charge is 0.496 e. The van der Waals surface area contributed by atoms with Crippen LogP contribution < -0.4 is 9.88 Å². The monoisotopic (exact) mass is 353 g/mol. The maximum absolute atomic E-state index is 12.0. The van der Waals surface area contributed by atoms with Crippen molar-refractivity contribution in [3.8, 4) is 28.0 Å². The van der Waals surface area contributed by atoms with Crippen LogP contribution in [0.15, 0.2) is 71.6 Å². The number of nitrogens with two attached hydrogens (primary N) is 1. The second-order valence-corrected chi connectivity index (χ2v) is 7.30. The van der Waals surface area contributed by atoms with Crippen molar-refractivity contribution in [2.24, 2.45) is 5.14 Å². The van der Waals surface area contributed by atoms with Gasteiger partial charge in [0.25, 0.3) is 0 Å². The third-order valence-electron chi connectivity index (χ3n) is 4.13. The van der Waals surface area contributed by atoms with Crippen molar-refractivity contribution in [3.63, 3.8) is 0 Å². The molecule has 25 heavy (non-hydrogen) atoms. The Labute approximate surface area is 147 Å². The first kappa shape index (κ1) is 17.2. The highest BCUT2D eigenvalue weighted by molar-refractivity contribution is 7.89. The molecule has 0 aromatic heterocycles. The van der Waals surface area contributed by atoms with Crippen LogP contribution in [0.25, 0.3) is 22.3 Å². The SMILES string of the molecule is COc1cc(-c2ccccc2-c2ccccc2S(N)(=O)=O)ccc1C. The number of sulfonamides is 1. The van der Waals surface area contributed by atoms with Crippen LogP contribution in [0.5, 0.6) is 5.75 Å². The summed E-state index contributed by atoms with van der Waals surface area (Å²) >= 11 is 0. The Kier molecular flexibility index (Phi) is 4.61. The lowest BCUT2D eigenvalue weighted by molar-refractivity contribution is 0.412. The summed E-state index contributed by atoms with van der Waals surface area (Å²) in [6.45, 7) is 1.98. The van der Waals surface area contributed by atoms with Gasteiger partial charge in [-0.25, -0.2) is 13.6 Å². The fourth-order valence-electron chi connectivity index (χ4n) is 2.89. The van der Waals surface area contributed by atoms with E-state index in [0.29, 0.717) is 5.56 Å². The predicted molar refractivity (Wildman–Crippen MR) is 100.0 cm³/mol. The minimum absolute atomic E-state index is 0.113. The molecule has 0 aliphatic heterocycles. The first-order valence-corrected chi connectivity index (χ1v) is 9.32. The fraction of sp³-hybridized carbons (Fsp3) is 0.100. The van der Waals surface area contributed by atoms with Gasteiger partial charge in [0.05, 0.1) is 12.0 Å². The quantitative estimate of drug-likeness (QED) is 0.771. The van der Waals surface area contributed by atoms with Gasteiger partial charge in [-0.2, -0.15) is 0 Å². The average Bonchev–Trinajstić information content (AvgIpc) is 2.61. The van der Waals surface area contributed by atoms with Crippen LogP contribution in [-0.4, -0.2) is 15.5 Å². The molecule has 0 unspecified atom stereocenters. The summed E-state index contributed by atoms with van der Waals surface area (Å²) in [5.41, 5.74) is 4.28. The smallest absolute Gasteiger partial charge is 0.238 e. The van der Waals surface area contributed by atoms with Crippen LogP contribution in [0.3, 0.4) is 0 Å². The van der Waals surface area contributed by atoms with Gasteiger partial charge in [-0.05, 0) is 41.3 Å². The zero-order valence-corrected chi connectivity index (χ0v) is 14.9. The lowest BCUT2D eigenvalue weighted by Gasteiger charge is -2.14. The number of hydrogen-bond acceptors (Lipinski definition) is 3. The van der Waals surface area contributed by atoms with Crippen molar-refractivity contribution in [1.82, 2.24) is 0 Å². The van der Waals surface area contributed by atoms with E-state index in [1.807, 2.05) is 49.4 Å². The van der Waals surface area contributed by atoms with Gasteiger partial charge in [0.1, 0.15) is 5.75 Å². The second kappa shape index (κ2) is 6.70.